The standard InChI is InChI=1S/C22H28N2O4/c1-16-6-2-5-9-18(16)22(14-19(25)23-10-12-28-13-11-23)15-20(26)24(21(22)27)17-7-3-4-8-17/h2,5-6,9,17H,3-4,7-8,10-15H2,1H3/t22-/m1/s1. The van der Waals surface area contributed by atoms with E-state index in [1.165, 1.54) is 4.90 Å². The molecule has 0 radical (unpaired) electrons. The molecule has 2 saturated heterocycles. The minimum Gasteiger partial charge on any atom is -0.378 e. The van der Waals surface area contributed by atoms with Crippen molar-refractivity contribution in [3.05, 3.63) is 35.4 Å². The van der Waals surface area contributed by atoms with Gasteiger partial charge in [-0.25, -0.2) is 0 Å². The number of carbonyl (C=O) groups is 3. The van der Waals surface area contributed by atoms with E-state index in [1.54, 1.807) is 4.90 Å². The van der Waals surface area contributed by atoms with Gasteiger partial charge in [0.15, 0.2) is 0 Å². The third kappa shape index (κ3) is 3.24. The summed E-state index contributed by atoms with van der Waals surface area (Å²) in [4.78, 5) is 43.1. The number of benzene rings is 1. The second-order valence-corrected chi connectivity index (χ2v) is 8.25. The molecule has 150 valence electrons. The highest BCUT2D eigenvalue weighted by Crippen LogP contribution is 2.44. The zero-order chi connectivity index (χ0) is 19.7. The Labute approximate surface area is 165 Å². The third-order valence-electron chi connectivity index (χ3n) is 6.52. The summed E-state index contributed by atoms with van der Waals surface area (Å²) in [7, 11) is 0. The van der Waals surface area contributed by atoms with Crippen LogP contribution in [0.2, 0.25) is 0 Å². The van der Waals surface area contributed by atoms with Gasteiger partial charge in [0, 0.05) is 32.0 Å². The molecule has 3 fully saturated rings. The largest absolute Gasteiger partial charge is 0.378 e. The highest BCUT2D eigenvalue weighted by molar-refractivity contribution is 6.11. The fourth-order valence-electron chi connectivity index (χ4n) is 5.03. The number of imide groups is 1. The molecule has 1 saturated carbocycles. The Hall–Kier alpha value is -2.21. The molecule has 6 heteroatoms. The first-order chi connectivity index (χ1) is 13.5. The first kappa shape index (κ1) is 19.1. The molecule has 3 amide bonds. The van der Waals surface area contributed by atoms with E-state index in [-0.39, 0.29) is 36.6 Å². The monoisotopic (exact) mass is 384 g/mol. The summed E-state index contributed by atoms with van der Waals surface area (Å²) >= 11 is 0. The first-order valence-electron chi connectivity index (χ1n) is 10.3. The van der Waals surface area contributed by atoms with Crippen molar-refractivity contribution in [3.63, 3.8) is 0 Å². The lowest BCUT2D eigenvalue weighted by molar-refractivity contribution is -0.145. The Morgan fingerprint density at radius 3 is 2.50 bits per heavy atom. The van der Waals surface area contributed by atoms with Crippen molar-refractivity contribution in [2.45, 2.75) is 56.9 Å². The summed E-state index contributed by atoms with van der Waals surface area (Å²) in [5, 5.41) is 0. The number of aryl methyl sites for hydroxylation is 1. The maximum atomic E-state index is 13.7. The van der Waals surface area contributed by atoms with E-state index < -0.39 is 5.41 Å². The predicted octanol–water partition coefficient (Wildman–Crippen LogP) is 2.18. The van der Waals surface area contributed by atoms with Gasteiger partial charge >= 0.3 is 0 Å². The predicted molar refractivity (Wildman–Crippen MR) is 104 cm³/mol. The molecular formula is C22H28N2O4. The van der Waals surface area contributed by atoms with Crippen LogP contribution in [0.5, 0.6) is 0 Å². The fraction of sp³-hybridized carbons (Fsp3) is 0.591. The number of amides is 3. The Balaban J connectivity index is 1.70. The Morgan fingerprint density at radius 2 is 1.82 bits per heavy atom. The van der Waals surface area contributed by atoms with E-state index in [9.17, 15) is 14.4 Å². The van der Waals surface area contributed by atoms with Crippen molar-refractivity contribution in [2.75, 3.05) is 26.3 Å². The van der Waals surface area contributed by atoms with E-state index in [0.717, 1.165) is 36.8 Å². The van der Waals surface area contributed by atoms with Gasteiger partial charge < -0.3 is 9.64 Å². The molecule has 0 unspecified atom stereocenters. The second kappa shape index (κ2) is 7.66. The molecule has 2 heterocycles. The molecule has 1 aromatic carbocycles. The van der Waals surface area contributed by atoms with Crippen molar-refractivity contribution in [1.82, 2.24) is 9.80 Å². The van der Waals surface area contributed by atoms with Gasteiger partial charge in [-0.1, -0.05) is 37.1 Å². The third-order valence-corrected chi connectivity index (χ3v) is 6.52. The summed E-state index contributed by atoms with van der Waals surface area (Å²) in [6.07, 6.45) is 3.98. The first-order valence-corrected chi connectivity index (χ1v) is 10.3. The van der Waals surface area contributed by atoms with Crippen LogP contribution in [0.15, 0.2) is 24.3 Å². The molecule has 1 aliphatic carbocycles. The normalized spacial score (nSPS) is 26.3. The lowest BCUT2D eigenvalue weighted by Gasteiger charge is -2.33. The molecule has 4 rings (SSSR count). The number of hydrogen-bond acceptors (Lipinski definition) is 4. The number of morpholine rings is 1. The molecule has 0 spiro atoms. The van der Waals surface area contributed by atoms with E-state index in [2.05, 4.69) is 0 Å². The van der Waals surface area contributed by atoms with Crippen molar-refractivity contribution < 1.29 is 19.1 Å². The number of rotatable bonds is 4. The average molecular weight is 384 g/mol. The fourth-order valence-corrected chi connectivity index (χ4v) is 5.03. The number of nitrogens with zero attached hydrogens (tertiary/aromatic N) is 2. The topological polar surface area (TPSA) is 66.9 Å². The van der Waals surface area contributed by atoms with Crippen molar-refractivity contribution in [3.8, 4) is 0 Å². The minimum absolute atomic E-state index is 0.00983. The van der Waals surface area contributed by atoms with Crippen LogP contribution in [0.25, 0.3) is 0 Å². The van der Waals surface area contributed by atoms with Gasteiger partial charge in [0.25, 0.3) is 0 Å². The maximum Gasteiger partial charge on any atom is 0.241 e. The van der Waals surface area contributed by atoms with Crippen LogP contribution in [0.3, 0.4) is 0 Å². The molecular weight excluding hydrogens is 356 g/mol. The van der Waals surface area contributed by atoms with Crippen LogP contribution >= 0.6 is 0 Å². The van der Waals surface area contributed by atoms with Crippen molar-refractivity contribution >= 4 is 17.7 Å². The number of likely N-dealkylation sites (tertiary alicyclic amines) is 1. The summed E-state index contributed by atoms with van der Waals surface area (Å²) in [5.41, 5.74) is 0.683. The van der Waals surface area contributed by atoms with Crippen molar-refractivity contribution in [2.24, 2.45) is 0 Å². The Morgan fingerprint density at radius 1 is 1.14 bits per heavy atom. The molecule has 0 bridgehead atoms. The second-order valence-electron chi connectivity index (χ2n) is 8.25. The van der Waals surface area contributed by atoms with E-state index >= 15 is 0 Å². The van der Waals surface area contributed by atoms with Crippen LogP contribution in [-0.4, -0.2) is 59.9 Å². The Kier molecular flexibility index (Phi) is 5.23. The molecule has 1 aromatic rings. The molecule has 3 aliphatic rings. The van der Waals surface area contributed by atoms with Crippen LogP contribution in [0.1, 0.15) is 49.7 Å². The maximum absolute atomic E-state index is 13.7. The molecule has 2 aliphatic heterocycles. The lowest BCUT2D eigenvalue weighted by Crippen LogP contribution is -2.48. The summed E-state index contributed by atoms with van der Waals surface area (Å²) in [6.45, 7) is 4.06. The Bertz CT molecular complexity index is 780. The lowest BCUT2D eigenvalue weighted by atomic mass is 9.73. The zero-order valence-corrected chi connectivity index (χ0v) is 16.5. The highest BCUT2D eigenvalue weighted by Gasteiger charge is 2.56. The van der Waals surface area contributed by atoms with Gasteiger partial charge in [-0.05, 0) is 30.9 Å². The summed E-state index contributed by atoms with van der Waals surface area (Å²) in [5.74, 6) is -0.379. The van der Waals surface area contributed by atoms with Gasteiger partial charge in [0.1, 0.15) is 0 Å². The van der Waals surface area contributed by atoms with Crippen LogP contribution in [0.4, 0.5) is 0 Å². The van der Waals surface area contributed by atoms with Crippen LogP contribution < -0.4 is 0 Å². The van der Waals surface area contributed by atoms with Gasteiger partial charge in [0.05, 0.1) is 18.6 Å². The smallest absolute Gasteiger partial charge is 0.241 e. The molecule has 0 aromatic heterocycles. The minimum atomic E-state index is -1.08. The summed E-state index contributed by atoms with van der Waals surface area (Å²) < 4.78 is 5.35. The van der Waals surface area contributed by atoms with Gasteiger partial charge in [0.2, 0.25) is 17.7 Å². The van der Waals surface area contributed by atoms with Crippen molar-refractivity contribution in [1.29, 1.82) is 0 Å². The molecule has 0 N–H and O–H groups in total. The molecule has 6 nitrogen and oxygen atoms in total. The highest BCUT2D eigenvalue weighted by atomic mass is 16.5. The van der Waals surface area contributed by atoms with E-state index in [1.807, 2.05) is 31.2 Å². The van der Waals surface area contributed by atoms with Crippen LogP contribution in [-0.2, 0) is 24.5 Å². The van der Waals surface area contributed by atoms with E-state index in [4.69, 9.17) is 4.74 Å². The quantitative estimate of drug-likeness (QED) is 0.747. The molecule has 1 atom stereocenters. The van der Waals surface area contributed by atoms with Crippen LogP contribution in [0, 0.1) is 6.92 Å². The van der Waals surface area contributed by atoms with Gasteiger partial charge in [-0.2, -0.15) is 0 Å². The average Bonchev–Trinajstić information content (AvgIpc) is 3.30. The zero-order valence-electron chi connectivity index (χ0n) is 16.5. The van der Waals surface area contributed by atoms with E-state index in [0.29, 0.717) is 26.3 Å². The number of hydrogen-bond donors (Lipinski definition) is 0. The summed E-state index contributed by atoms with van der Waals surface area (Å²) in [6, 6.07) is 7.66. The number of ether oxygens (including phenoxy) is 1. The number of carbonyl (C=O) groups excluding carboxylic acids is 3. The molecule has 28 heavy (non-hydrogen) atoms. The van der Waals surface area contributed by atoms with Gasteiger partial charge in [-0.3, -0.25) is 19.3 Å². The SMILES string of the molecule is Cc1ccccc1[C@@]1(CC(=O)N2CCOCC2)CC(=O)N(C2CCCC2)C1=O. The van der Waals surface area contributed by atoms with Gasteiger partial charge in [-0.15, -0.1) is 0 Å².